The van der Waals surface area contributed by atoms with E-state index in [1.165, 1.54) is 19.1 Å². The third-order valence-corrected chi connectivity index (χ3v) is 4.21. The van der Waals surface area contributed by atoms with E-state index in [4.69, 9.17) is 9.47 Å². The quantitative estimate of drug-likeness (QED) is 0.567. The van der Waals surface area contributed by atoms with Crippen molar-refractivity contribution in [3.8, 4) is 0 Å². The molecule has 1 fully saturated rings. The van der Waals surface area contributed by atoms with E-state index < -0.39 is 29.2 Å². The minimum Gasteiger partial charge on any atom is -0.468 e. The van der Waals surface area contributed by atoms with Crippen molar-refractivity contribution in [2.75, 3.05) is 27.3 Å². The molecular formula is C17H30N2O6. The Bertz CT molecular complexity index is 502. The Balaban J connectivity index is 2.88. The van der Waals surface area contributed by atoms with Crippen LogP contribution in [-0.2, 0) is 23.8 Å². The number of likely N-dealkylation sites (tertiary alicyclic amines) is 1. The van der Waals surface area contributed by atoms with Gasteiger partial charge in [0.1, 0.15) is 17.2 Å². The second-order valence-corrected chi connectivity index (χ2v) is 7.21. The third kappa shape index (κ3) is 5.32. The minimum absolute atomic E-state index is 0.320. The van der Waals surface area contributed by atoms with Gasteiger partial charge in [-0.05, 0) is 53.5 Å². The van der Waals surface area contributed by atoms with Crippen molar-refractivity contribution in [1.29, 1.82) is 0 Å². The summed E-state index contributed by atoms with van der Waals surface area (Å²) in [6, 6.07) is -0.504. The lowest BCUT2D eigenvalue weighted by atomic mass is 9.92. The summed E-state index contributed by atoms with van der Waals surface area (Å²) in [5.74, 6) is -0.856. The summed E-state index contributed by atoms with van der Waals surface area (Å²) in [5.41, 5.74) is -1.74. The molecule has 1 rings (SSSR count). The van der Waals surface area contributed by atoms with E-state index in [9.17, 15) is 14.4 Å². The Kier molecular flexibility index (Phi) is 7.22. The first kappa shape index (κ1) is 21.2. The molecule has 0 aromatic carbocycles. The molecular weight excluding hydrogens is 328 g/mol. The van der Waals surface area contributed by atoms with Crippen LogP contribution in [0.4, 0.5) is 4.79 Å². The van der Waals surface area contributed by atoms with Gasteiger partial charge in [0.25, 0.3) is 0 Å². The molecule has 8 heteroatoms. The van der Waals surface area contributed by atoms with Gasteiger partial charge in [0, 0.05) is 6.54 Å². The first-order chi connectivity index (χ1) is 11.6. The lowest BCUT2D eigenvalue weighted by molar-refractivity contribution is -0.153. The summed E-state index contributed by atoms with van der Waals surface area (Å²) in [6.07, 6.45) is 0.963. The lowest BCUT2D eigenvalue weighted by Gasteiger charge is -2.37. The third-order valence-electron chi connectivity index (χ3n) is 4.21. The molecule has 0 spiro atoms. The fourth-order valence-electron chi connectivity index (χ4n) is 2.98. The molecule has 1 amide bonds. The molecule has 1 aliphatic rings. The largest absolute Gasteiger partial charge is 0.468 e. The lowest BCUT2D eigenvalue weighted by Crippen LogP contribution is -2.56. The standard InChI is InChI=1S/C17H30N2O6/c1-12(13(20)23-5)18-10-9-17(14(21)24-6)8-7-11-19(17)15(22)25-16(2,3)4/h12,18H,7-11H2,1-6H3. The Labute approximate surface area is 149 Å². The zero-order valence-corrected chi connectivity index (χ0v) is 16.0. The number of nitrogens with one attached hydrogen (secondary N) is 1. The van der Waals surface area contributed by atoms with Crippen LogP contribution in [0.25, 0.3) is 0 Å². The van der Waals surface area contributed by atoms with Gasteiger partial charge in [0.05, 0.1) is 14.2 Å². The molecule has 1 N–H and O–H groups in total. The maximum absolute atomic E-state index is 12.5. The molecule has 25 heavy (non-hydrogen) atoms. The van der Waals surface area contributed by atoms with Crippen molar-refractivity contribution < 1.29 is 28.6 Å². The van der Waals surface area contributed by atoms with Gasteiger partial charge in [-0.25, -0.2) is 9.59 Å². The summed E-state index contributed by atoms with van der Waals surface area (Å²) in [5, 5.41) is 3.01. The van der Waals surface area contributed by atoms with E-state index in [1.807, 2.05) is 0 Å². The van der Waals surface area contributed by atoms with Crippen LogP contribution >= 0.6 is 0 Å². The van der Waals surface area contributed by atoms with Crippen LogP contribution in [0.1, 0.15) is 47.0 Å². The maximum Gasteiger partial charge on any atom is 0.411 e. The summed E-state index contributed by atoms with van der Waals surface area (Å²) >= 11 is 0. The molecule has 0 radical (unpaired) electrons. The Morgan fingerprint density at radius 2 is 1.84 bits per heavy atom. The molecule has 0 bridgehead atoms. The fourth-order valence-corrected chi connectivity index (χ4v) is 2.98. The Morgan fingerprint density at radius 3 is 2.36 bits per heavy atom. The van der Waals surface area contributed by atoms with Gasteiger partial charge in [-0.1, -0.05) is 0 Å². The molecule has 0 aromatic heterocycles. The highest BCUT2D eigenvalue weighted by molar-refractivity contribution is 5.86. The maximum atomic E-state index is 12.5. The molecule has 1 heterocycles. The highest BCUT2D eigenvalue weighted by Crippen LogP contribution is 2.35. The van der Waals surface area contributed by atoms with Crippen LogP contribution < -0.4 is 5.32 Å². The number of rotatable bonds is 6. The number of nitrogens with zero attached hydrogens (tertiary/aromatic N) is 1. The fraction of sp³-hybridized carbons (Fsp3) is 0.824. The van der Waals surface area contributed by atoms with Crippen molar-refractivity contribution in [2.45, 2.75) is 64.1 Å². The second-order valence-electron chi connectivity index (χ2n) is 7.21. The van der Waals surface area contributed by atoms with E-state index in [2.05, 4.69) is 10.1 Å². The number of carbonyl (C=O) groups is 3. The number of methoxy groups -OCH3 is 2. The smallest absolute Gasteiger partial charge is 0.411 e. The minimum atomic E-state index is -1.08. The van der Waals surface area contributed by atoms with Crippen LogP contribution in [0, 0.1) is 0 Å². The van der Waals surface area contributed by atoms with Gasteiger partial charge < -0.3 is 19.5 Å². The first-order valence-electron chi connectivity index (χ1n) is 8.47. The molecule has 0 saturated carbocycles. The molecule has 1 saturated heterocycles. The van der Waals surface area contributed by atoms with Crippen molar-refractivity contribution in [1.82, 2.24) is 10.2 Å². The van der Waals surface area contributed by atoms with Crippen molar-refractivity contribution in [3.05, 3.63) is 0 Å². The van der Waals surface area contributed by atoms with Crippen molar-refractivity contribution >= 4 is 18.0 Å². The first-order valence-corrected chi connectivity index (χ1v) is 8.47. The Hall–Kier alpha value is -1.83. The van der Waals surface area contributed by atoms with Gasteiger partial charge in [-0.2, -0.15) is 0 Å². The van der Waals surface area contributed by atoms with E-state index in [0.717, 1.165) is 0 Å². The predicted molar refractivity (Wildman–Crippen MR) is 91.0 cm³/mol. The molecule has 2 atom stereocenters. The summed E-state index contributed by atoms with van der Waals surface area (Å²) in [7, 11) is 2.62. The van der Waals surface area contributed by atoms with E-state index in [1.54, 1.807) is 27.7 Å². The summed E-state index contributed by atoms with van der Waals surface area (Å²) < 4.78 is 15.1. The molecule has 0 aliphatic carbocycles. The van der Waals surface area contributed by atoms with E-state index in [-0.39, 0.29) is 5.97 Å². The SMILES string of the molecule is COC(=O)C(C)NCCC1(C(=O)OC)CCCN1C(=O)OC(C)(C)C. The monoisotopic (exact) mass is 358 g/mol. The highest BCUT2D eigenvalue weighted by atomic mass is 16.6. The van der Waals surface area contributed by atoms with Gasteiger partial charge in [-0.3, -0.25) is 9.69 Å². The predicted octanol–water partition coefficient (Wildman–Crippen LogP) is 1.47. The molecule has 8 nitrogen and oxygen atoms in total. The summed E-state index contributed by atoms with van der Waals surface area (Å²) in [4.78, 5) is 38.0. The molecule has 2 unspecified atom stereocenters. The van der Waals surface area contributed by atoms with Crippen molar-refractivity contribution in [3.63, 3.8) is 0 Å². The number of hydrogen-bond acceptors (Lipinski definition) is 7. The van der Waals surface area contributed by atoms with Crippen LogP contribution in [0.3, 0.4) is 0 Å². The van der Waals surface area contributed by atoms with E-state index in [0.29, 0.717) is 32.4 Å². The average Bonchev–Trinajstić information content (AvgIpc) is 2.96. The zero-order valence-electron chi connectivity index (χ0n) is 16.0. The number of carbonyl (C=O) groups excluding carboxylic acids is 3. The molecule has 144 valence electrons. The van der Waals surface area contributed by atoms with Gasteiger partial charge in [0.2, 0.25) is 0 Å². The number of amides is 1. The van der Waals surface area contributed by atoms with Crippen molar-refractivity contribution in [2.24, 2.45) is 0 Å². The summed E-state index contributed by atoms with van der Waals surface area (Å²) in [6.45, 7) is 7.79. The van der Waals surface area contributed by atoms with Gasteiger partial charge in [-0.15, -0.1) is 0 Å². The normalized spacial score (nSPS) is 21.6. The van der Waals surface area contributed by atoms with Gasteiger partial charge in [0.15, 0.2) is 0 Å². The topological polar surface area (TPSA) is 94.2 Å². The number of ether oxygens (including phenoxy) is 3. The second kappa shape index (κ2) is 8.51. The Morgan fingerprint density at radius 1 is 1.20 bits per heavy atom. The highest BCUT2D eigenvalue weighted by Gasteiger charge is 2.51. The van der Waals surface area contributed by atoms with Crippen LogP contribution in [0.15, 0.2) is 0 Å². The average molecular weight is 358 g/mol. The molecule has 1 aliphatic heterocycles. The van der Waals surface area contributed by atoms with Gasteiger partial charge >= 0.3 is 18.0 Å². The van der Waals surface area contributed by atoms with E-state index >= 15 is 0 Å². The number of hydrogen-bond donors (Lipinski definition) is 1. The zero-order chi connectivity index (χ0) is 19.3. The van der Waals surface area contributed by atoms with Crippen LogP contribution in [0.5, 0.6) is 0 Å². The molecule has 0 aromatic rings. The number of esters is 2. The van der Waals surface area contributed by atoms with Crippen LogP contribution in [0.2, 0.25) is 0 Å². The van der Waals surface area contributed by atoms with Crippen LogP contribution in [-0.4, -0.2) is 67.4 Å².